The summed E-state index contributed by atoms with van der Waals surface area (Å²) >= 11 is 2.85. The molecule has 0 bridgehead atoms. The van der Waals surface area contributed by atoms with Crippen LogP contribution >= 0.6 is 0 Å². The third-order valence-electron chi connectivity index (χ3n) is 2.44. The molecule has 0 spiro atoms. The molecule has 0 saturated heterocycles. The Bertz CT molecular complexity index is 437. The van der Waals surface area contributed by atoms with E-state index in [1.807, 2.05) is 0 Å². The Morgan fingerprint density at radius 1 is 1.15 bits per heavy atom. The quantitative estimate of drug-likeness (QED) is 0.597. The van der Waals surface area contributed by atoms with Crippen molar-refractivity contribution in [2.45, 2.75) is 13.3 Å². The third kappa shape index (κ3) is 1.50. The second-order valence-electron chi connectivity index (χ2n) is 3.21. The average molecular weight is 184 g/mol. The van der Waals surface area contributed by atoms with Gasteiger partial charge in [-0.15, -0.1) is 4.43 Å². The lowest BCUT2D eigenvalue weighted by Crippen LogP contribution is -2.10. The molecular weight excluding hydrogens is 171 g/mol. The Morgan fingerprint density at radius 2 is 1.92 bits per heavy atom. The van der Waals surface area contributed by atoms with Crippen molar-refractivity contribution in [3.05, 3.63) is 42.0 Å². The third-order valence-corrected chi connectivity index (χ3v) is 3.12. The molecular formula is C12H13Al. The highest BCUT2D eigenvalue weighted by Gasteiger charge is 1.98. The highest BCUT2D eigenvalue weighted by atomic mass is 27.0. The number of fused-ring (bicyclic) bond motifs is 1. The zero-order valence-corrected chi connectivity index (χ0v) is 8.90. The number of hydrogen-bond donors (Lipinski definition) is 0. The second kappa shape index (κ2) is 3.54. The van der Waals surface area contributed by atoms with E-state index in [0.29, 0.717) is 0 Å². The molecule has 0 atom stereocenters. The van der Waals surface area contributed by atoms with Crippen molar-refractivity contribution in [2.75, 3.05) is 0 Å². The van der Waals surface area contributed by atoms with Crippen molar-refractivity contribution in [3.63, 3.8) is 0 Å². The van der Waals surface area contributed by atoms with Crippen molar-refractivity contribution in [3.8, 4) is 0 Å². The first-order valence-corrected chi connectivity index (χ1v) is 5.16. The van der Waals surface area contributed by atoms with Crippen LogP contribution in [0, 0.1) is 0 Å². The number of rotatable bonds is 1. The molecule has 0 aliphatic rings. The van der Waals surface area contributed by atoms with Gasteiger partial charge in [-0.1, -0.05) is 48.9 Å². The summed E-state index contributed by atoms with van der Waals surface area (Å²) in [6, 6.07) is 12.9. The van der Waals surface area contributed by atoms with E-state index < -0.39 is 0 Å². The molecule has 0 aliphatic carbocycles. The maximum atomic E-state index is 2.85. The molecule has 0 heterocycles. The van der Waals surface area contributed by atoms with Gasteiger partial charge in [0.25, 0.3) is 0 Å². The lowest BCUT2D eigenvalue weighted by Gasteiger charge is -2.08. The molecule has 2 rings (SSSR count). The van der Waals surface area contributed by atoms with Gasteiger partial charge in [0.05, 0.1) is 0 Å². The van der Waals surface area contributed by atoms with Crippen LogP contribution in [0.25, 0.3) is 10.8 Å². The van der Waals surface area contributed by atoms with E-state index in [2.05, 4.69) is 59.6 Å². The maximum absolute atomic E-state index is 2.85. The largest absolute Gasteiger partial charge is 0.177 e. The first-order chi connectivity index (χ1) is 6.33. The molecule has 0 aromatic heterocycles. The van der Waals surface area contributed by atoms with Crippen molar-refractivity contribution in [2.24, 2.45) is 0 Å². The molecule has 2 aromatic rings. The van der Waals surface area contributed by atoms with E-state index in [9.17, 15) is 0 Å². The number of benzene rings is 2. The molecule has 2 aromatic carbocycles. The standard InChI is InChI=1S/C12H11.Al.H2/c1-2-10-7-8-11-5-3-4-6-12(11)9-10;;/h3-8H,2H2,1H3;;1H. The van der Waals surface area contributed by atoms with Crippen molar-refractivity contribution in [1.82, 2.24) is 0 Å². The zero-order valence-electron chi connectivity index (χ0n) is 7.75. The van der Waals surface area contributed by atoms with Gasteiger partial charge in [0.15, 0.2) is 16.3 Å². The summed E-state index contributed by atoms with van der Waals surface area (Å²) in [5.74, 6) is 0. The Labute approximate surface area is 88.5 Å². The maximum Gasteiger partial charge on any atom is 0.177 e. The van der Waals surface area contributed by atoms with Gasteiger partial charge in [-0.25, -0.2) is 0 Å². The molecule has 0 unspecified atom stereocenters. The first kappa shape index (κ1) is 8.81. The molecule has 0 aliphatic heterocycles. The molecule has 0 saturated carbocycles. The topological polar surface area (TPSA) is 0 Å². The van der Waals surface area contributed by atoms with Crippen molar-refractivity contribution >= 4 is 31.5 Å². The molecule has 2 radical (unpaired) electrons. The van der Waals surface area contributed by atoms with Gasteiger partial charge in [-0.05, 0) is 17.2 Å². The number of hydrogen-bond acceptors (Lipinski definition) is 0. The molecule has 0 N–H and O–H groups in total. The van der Waals surface area contributed by atoms with Crippen LogP contribution in [-0.2, 0) is 6.42 Å². The number of aryl methyl sites for hydroxylation is 1. The van der Waals surface area contributed by atoms with E-state index in [1.54, 1.807) is 0 Å². The van der Waals surface area contributed by atoms with E-state index in [-0.39, 0.29) is 1.43 Å². The zero-order chi connectivity index (χ0) is 9.26. The van der Waals surface area contributed by atoms with Crippen LogP contribution in [0.3, 0.4) is 0 Å². The average Bonchev–Trinajstić information content (AvgIpc) is 2.19. The minimum Gasteiger partial charge on any atom is -0.128 e. The predicted molar refractivity (Wildman–Crippen MR) is 60.8 cm³/mol. The summed E-state index contributed by atoms with van der Waals surface area (Å²) in [6.45, 7) is 2.19. The van der Waals surface area contributed by atoms with Crippen LogP contribution in [0.5, 0.6) is 0 Å². The Morgan fingerprint density at radius 3 is 2.69 bits per heavy atom. The van der Waals surface area contributed by atoms with Crippen LogP contribution < -0.4 is 4.43 Å². The Kier molecular flexibility index (Phi) is 2.40. The van der Waals surface area contributed by atoms with Crippen LogP contribution in [-0.4, -0.2) is 16.3 Å². The lowest BCUT2D eigenvalue weighted by atomic mass is 10.1. The molecule has 13 heavy (non-hydrogen) atoms. The normalized spacial score (nSPS) is 10.5. The molecule has 1 heteroatoms. The lowest BCUT2D eigenvalue weighted by molar-refractivity contribution is 1.16. The van der Waals surface area contributed by atoms with Gasteiger partial charge in [-0.3, -0.25) is 0 Å². The molecule has 64 valence electrons. The van der Waals surface area contributed by atoms with Gasteiger partial charge in [0, 0.05) is 1.43 Å². The molecule has 0 nitrogen and oxygen atoms in total. The van der Waals surface area contributed by atoms with Crippen LogP contribution in [0.15, 0.2) is 36.4 Å². The highest BCUT2D eigenvalue weighted by Crippen LogP contribution is 2.12. The fourth-order valence-electron chi connectivity index (χ4n) is 1.65. The van der Waals surface area contributed by atoms with Crippen LogP contribution in [0.2, 0.25) is 0 Å². The van der Waals surface area contributed by atoms with E-state index in [0.717, 1.165) is 6.42 Å². The Balaban J connectivity index is 0.000000980. The van der Waals surface area contributed by atoms with Crippen LogP contribution in [0.1, 0.15) is 13.9 Å². The Hall–Kier alpha value is -0.768. The predicted octanol–water partition coefficient (Wildman–Crippen LogP) is 2.44. The summed E-state index contributed by atoms with van der Waals surface area (Å²) in [4.78, 5) is 0. The summed E-state index contributed by atoms with van der Waals surface area (Å²) in [7, 11) is 0. The van der Waals surface area contributed by atoms with Gasteiger partial charge in [0.1, 0.15) is 0 Å². The molecule has 0 fully saturated rings. The first-order valence-electron chi connectivity index (χ1n) is 4.59. The van der Waals surface area contributed by atoms with E-state index >= 15 is 0 Å². The van der Waals surface area contributed by atoms with Crippen molar-refractivity contribution in [1.29, 1.82) is 0 Å². The minimum absolute atomic E-state index is 0. The van der Waals surface area contributed by atoms with E-state index in [1.165, 1.54) is 20.8 Å². The molecule has 0 amide bonds. The fourth-order valence-corrected chi connectivity index (χ4v) is 2.21. The van der Waals surface area contributed by atoms with Gasteiger partial charge >= 0.3 is 0 Å². The van der Waals surface area contributed by atoms with Gasteiger partial charge in [-0.2, -0.15) is 0 Å². The fraction of sp³-hybridized carbons (Fsp3) is 0.167. The van der Waals surface area contributed by atoms with Crippen molar-refractivity contribution < 1.29 is 1.43 Å². The van der Waals surface area contributed by atoms with E-state index in [4.69, 9.17) is 0 Å². The summed E-state index contributed by atoms with van der Waals surface area (Å²) in [5, 5.41) is 2.68. The summed E-state index contributed by atoms with van der Waals surface area (Å²) in [5.41, 5.74) is 1.42. The summed E-state index contributed by atoms with van der Waals surface area (Å²) in [6.07, 6.45) is 1.10. The second-order valence-corrected chi connectivity index (χ2v) is 3.79. The van der Waals surface area contributed by atoms with Crippen LogP contribution in [0.4, 0.5) is 0 Å². The van der Waals surface area contributed by atoms with Gasteiger partial charge in [0.2, 0.25) is 0 Å². The smallest absolute Gasteiger partial charge is 0.128 e. The SMILES string of the molecule is CCc1ccc2ccccc2[c]1[Al].[HH]. The van der Waals surface area contributed by atoms with Gasteiger partial charge < -0.3 is 0 Å². The monoisotopic (exact) mass is 184 g/mol. The minimum atomic E-state index is 0. The highest BCUT2D eigenvalue weighted by molar-refractivity contribution is 6.39. The summed E-state index contributed by atoms with van der Waals surface area (Å²) < 4.78 is 1.35.